The molecule has 5 atom stereocenters. The second-order valence-electron chi connectivity index (χ2n) is 9.59. The normalized spacial score (nSPS) is 20.9. The fourth-order valence-corrected chi connectivity index (χ4v) is 5.04. The molecule has 3 N–H and O–H groups in total. The van der Waals surface area contributed by atoms with Crippen LogP contribution in [0.5, 0.6) is 5.88 Å². The van der Waals surface area contributed by atoms with Crippen molar-refractivity contribution in [3.05, 3.63) is 58.9 Å². The van der Waals surface area contributed by atoms with Crippen molar-refractivity contribution < 1.29 is 19.0 Å². The molecule has 3 aromatic rings. The zero-order valence-electron chi connectivity index (χ0n) is 21.0. The van der Waals surface area contributed by atoms with Crippen molar-refractivity contribution in [1.29, 1.82) is 0 Å². The Morgan fingerprint density at radius 2 is 2.09 bits per heavy atom. The number of carboxylic acids is 1. The van der Waals surface area contributed by atoms with Crippen molar-refractivity contribution >= 4 is 16.9 Å². The molecule has 1 aromatic carbocycles. The number of H-pyrrole nitrogens is 1. The number of aromatic nitrogens is 2. The minimum absolute atomic E-state index is 0.128. The maximum atomic E-state index is 13.8. The lowest BCUT2D eigenvalue weighted by molar-refractivity contribution is -0.142. The van der Waals surface area contributed by atoms with Gasteiger partial charge in [-0.2, -0.15) is 0 Å². The molecule has 7 nitrogen and oxygen atoms in total. The molecule has 1 aliphatic heterocycles. The Hall–Kier alpha value is -2.97. The average molecular weight is 483 g/mol. The summed E-state index contributed by atoms with van der Waals surface area (Å²) in [7, 11) is 0. The monoisotopic (exact) mass is 482 g/mol. The first-order valence-electron chi connectivity index (χ1n) is 12.3. The van der Waals surface area contributed by atoms with Crippen LogP contribution in [-0.4, -0.2) is 51.1 Å². The number of nitrogens with zero attached hydrogens (tertiary/aromatic N) is 2. The lowest BCUT2D eigenvalue weighted by Crippen LogP contribution is -2.46. The fraction of sp³-hybridized carbons (Fsp3) is 0.481. The number of halogens is 1. The highest BCUT2D eigenvalue weighted by atomic mass is 19.1. The van der Waals surface area contributed by atoms with Crippen LogP contribution in [0.15, 0.2) is 36.5 Å². The summed E-state index contributed by atoms with van der Waals surface area (Å²) in [6, 6.07) is 10.2. The molecule has 0 bridgehead atoms. The molecule has 0 saturated heterocycles. The molecule has 0 spiro atoms. The number of benzene rings is 1. The van der Waals surface area contributed by atoms with Gasteiger partial charge in [0, 0.05) is 40.9 Å². The first kappa shape index (κ1) is 25.1. The topological polar surface area (TPSA) is 90.5 Å². The van der Waals surface area contributed by atoms with Gasteiger partial charge in [-0.25, -0.2) is 9.37 Å². The fourth-order valence-electron chi connectivity index (χ4n) is 5.04. The average Bonchev–Trinajstić information content (AvgIpc) is 3.19. The number of carbonyl (C=O) groups is 1. The molecule has 0 amide bonds. The zero-order chi connectivity index (χ0) is 25.3. The molecule has 0 radical (unpaired) electrons. The van der Waals surface area contributed by atoms with Gasteiger partial charge in [0.05, 0.1) is 12.0 Å². The van der Waals surface area contributed by atoms with Crippen LogP contribution in [0.2, 0.25) is 0 Å². The molecule has 8 heteroatoms. The second kappa shape index (κ2) is 10.3. The van der Waals surface area contributed by atoms with Crippen LogP contribution in [-0.2, 0) is 11.2 Å². The molecule has 3 heterocycles. The number of pyridine rings is 1. The molecule has 1 aliphatic rings. The number of fused-ring (bicyclic) bond motifs is 3. The summed E-state index contributed by atoms with van der Waals surface area (Å²) < 4.78 is 19.8. The maximum Gasteiger partial charge on any atom is 0.307 e. The molecule has 4 rings (SSSR count). The van der Waals surface area contributed by atoms with E-state index in [0.717, 1.165) is 28.8 Å². The molecule has 35 heavy (non-hydrogen) atoms. The molecular formula is C27H35FN4O3. The number of aromatic amines is 1. The highest BCUT2D eigenvalue weighted by molar-refractivity contribution is 5.85. The number of hydrogen-bond donors (Lipinski definition) is 3. The van der Waals surface area contributed by atoms with Crippen LogP contribution in [0.4, 0.5) is 4.39 Å². The van der Waals surface area contributed by atoms with E-state index < -0.39 is 24.4 Å². The number of carboxylic acid groups (broad SMARTS) is 1. The standard InChI is InChI=1S/C27H35FN4O3/c1-6-23(28)30-18(5)35-26-17(4)19(11-12-29-26)25-24-21(20-9-7-8-10-22(20)31-24)13-16(3)32(25)14-15(2)27(33)34/h7-12,15-16,18,23,25,30-31H,6,13-14H2,1-5H3,(H,33,34)/t15?,16-,18?,23?,25-/m1/s1. The summed E-state index contributed by atoms with van der Waals surface area (Å²) in [5.74, 6) is -0.901. The molecule has 0 fully saturated rings. The third-order valence-corrected chi connectivity index (χ3v) is 6.98. The Bertz CT molecular complexity index is 1200. The van der Waals surface area contributed by atoms with E-state index in [1.807, 2.05) is 25.1 Å². The largest absolute Gasteiger partial charge is 0.481 e. The van der Waals surface area contributed by atoms with Crippen molar-refractivity contribution in [3.63, 3.8) is 0 Å². The Morgan fingerprint density at radius 3 is 2.80 bits per heavy atom. The number of rotatable bonds is 9. The highest BCUT2D eigenvalue weighted by Crippen LogP contribution is 2.42. The van der Waals surface area contributed by atoms with Crippen molar-refractivity contribution in [2.24, 2.45) is 5.92 Å². The lowest BCUT2D eigenvalue weighted by Gasteiger charge is -2.42. The van der Waals surface area contributed by atoms with Gasteiger partial charge in [-0.3, -0.25) is 15.0 Å². The van der Waals surface area contributed by atoms with Crippen LogP contribution in [0, 0.1) is 12.8 Å². The van der Waals surface area contributed by atoms with Crippen LogP contribution in [0.1, 0.15) is 62.5 Å². The van der Waals surface area contributed by atoms with E-state index in [-0.39, 0.29) is 12.1 Å². The Labute approximate surface area is 205 Å². The first-order valence-corrected chi connectivity index (χ1v) is 12.3. The van der Waals surface area contributed by atoms with E-state index in [1.165, 1.54) is 10.9 Å². The van der Waals surface area contributed by atoms with Crippen LogP contribution in [0.25, 0.3) is 10.9 Å². The van der Waals surface area contributed by atoms with E-state index >= 15 is 0 Å². The SMILES string of the molecule is CCC(F)NC(C)Oc1nccc([C@@H]2c3[nH]c4ccccc4c3C[C@@H](C)N2CC(C)C(=O)O)c1C. The van der Waals surface area contributed by atoms with Gasteiger partial charge < -0.3 is 14.8 Å². The van der Waals surface area contributed by atoms with Crippen LogP contribution >= 0.6 is 0 Å². The van der Waals surface area contributed by atoms with Gasteiger partial charge in [-0.15, -0.1) is 0 Å². The molecular weight excluding hydrogens is 447 g/mol. The van der Waals surface area contributed by atoms with Gasteiger partial charge in [-0.05, 0) is 56.9 Å². The van der Waals surface area contributed by atoms with Gasteiger partial charge in [-0.1, -0.05) is 32.0 Å². The van der Waals surface area contributed by atoms with Gasteiger partial charge in [0.2, 0.25) is 5.88 Å². The Balaban J connectivity index is 1.79. The summed E-state index contributed by atoms with van der Waals surface area (Å²) in [5, 5.41) is 13.6. The van der Waals surface area contributed by atoms with Crippen molar-refractivity contribution in [3.8, 4) is 5.88 Å². The lowest BCUT2D eigenvalue weighted by atomic mass is 9.86. The molecule has 188 valence electrons. The third kappa shape index (κ3) is 5.04. The summed E-state index contributed by atoms with van der Waals surface area (Å²) in [4.78, 5) is 22.1. The predicted octanol–water partition coefficient (Wildman–Crippen LogP) is 4.95. The summed E-state index contributed by atoms with van der Waals surface area (Å²) in [6.45, 7) is 9.79. The van der Waals surface area contributed by atoms with Gasteiger partial charge in [0.25, 0.3) is 0 Å². The smallest absolute Gasteiger partial charge is 0.307 e. The van der Waals surface area contributed by atoms with E-state index in [4.69, 9.17) is 4.74 Å². The zero-order valence-corrected chi connectivity index (χ0v) is 21.0. The van der Waals surface area contributed by atoms with Crippen molar-refractivity contribution in [2.45, 2.75) is 72.1 Å². The number of nitrogens with one attached hydrogen (secondary N) is 2. The molecule has 3 unspecified atom stereocenters. The van der Waals surface area contributed by atoms with Crippen LogP contribution in [0.3, 0.4) is 0 Å². The van der Waals surface area contributed by atoms with E-state index in [9.17, 15) is 14.3 Å². The van der Waals surface area contributed by atoms with Gasteiger partial charge in [0.15, 0.2) is 12.5 Å². The number of hydrogen-bond acceptors (Lipinski definition) is 5. The second-order valence-corrected chi connectivity index (χ2v) is 9.59. The number of aliphatic carboxylic acids is 1. The Kier molecular flexibility index (Phi) is 7.42. The highest BCUT2D eigenvalue weighted by Gasteiger charge is 2.38. The number of alkyl halides is 1. The summed E-state index contributed by atoms with van der Waals surface area (Å²) in [6.07, 6.45) is 1.17. The molecule has 2 aromatic heterocycles. The minimum Gasteiger partial charge on any atom is -0.481 e. The minimum atomic E-state index is -1.16. The Morgan fingerprint density at radius 1 is 1.34 bits per heavy atom. The first-order chi connectivity index (χ1) is 16.7. The van der Waals surface area contributed by atoms with Gasteiger partial charge in [0.1, 0.15) is 0 Å². The third-order valence-electron chi connectivity index (χ3n) is 6.98. The van der Waals surface area contributed by atoms with E-state index in [0.29, 0.717) is 18.8 Å². The maximum absolute atomic E-state index is 13.8. The molecule has 0 aliphatic carbocycles. The predicted molar refractivity (Wildman–Crippen MR) is 134 cm³/mol. The number of para-hydroxylation sites is 1. The van der Waals surface area contributed by atoms with Crippen molar-refractivity contribution in [1.82, 2.24) is 20.2 Å². The quantitative estimate of drug-likeness (QED) is 0.295. The molecule has 0 saturated carbocycles. The van der Waals surface area contributed by atoms with Gasteiger partial charge >= 0.3 is 5.97 Å². The van der Waals surface area contributed by atoms with Crippen molar-refractivity contribution in [2.75, 3.05) is 6.54 Å². The van der Waals surface area contributed by atoms with E-state index in [2.05, 4.69) is 39.2 Å². The van der Waals surface area contributed by atoms with E-state index in [1.54, 1.807) is 27.0 Å². The number of ether oxygens (including phenoxy) is 1. The van der Waals surface area contributed by atoms with Crippen LogP contribution < -0.4 is 10.1 Å². The summed E-state index contributed by atoms with van der Waals surface area (Å²) in [5.41, 5.74) is 5.24. The summed E-state index contributed by atoms with van der Waals surface area (Å²) >= 11 is 0.